The zero-order chi connectivity index (χ0) is 31.5. The number of aryl methyl sites for hydroxylation is 4. The molecule has 0 saturated carbocycles. The molecule has 6 rings (SSSR count). The van der Waals surface area contributed by atoms with Crippen LogP contribution < -0.4 is 5.32 Å². The monoisotopic (exact) mass is 692 g/mol. The minimum Gasteiger partial charge on any atom is -0.356 e. The summed E-state index contributed by atoms with van der Waals surface area (Å²) in [4.78, 5) is 27.4. The lowest BCUT2D eigenvalue weighted by atomic mass is 9.95. The number of piperazine rings is 1. The van der Waals surface area contributed by atoms with E-state index in [1.165, 1.54) is 11.1 Å². The van der Waals surface area contributed by atoms with Gasteiger partial charge in [-0.15, -0.1) is 0 Å². The molecule has 3 heterocycles. The third-order valence-corrected chi connectivity index (χ3v) is 9.35. The predicted octanol–water partition coefficient (Wildman–Crippen LogP) is 4.79. The number of carbonyl (C=O) groups excluding carboxylic acids is 1. The van der Waals surface area contributed by atoms with Gasteiger partial charge in [0.1, 0.15) is 11.9 Å². The Bertz CT molecular complexity index is 1600. The molecule has 0 spiro atoms. The number of hydrogen-bond donors (Lipinski definition) is 2. The molecule has 2 aromatic heterocycles. The normalized spacial score (nSPS) is 19.4. The van der Waals surface area contributed by atoms with Crippen molar-refractivity contribution in [1.82, 2.24) is 29.7 Å². The van der Waals surface area contributed by atoms with Gasteiger partial charge < -0.3 is 19.7 Å². The summed E-state index contributed by atoms with van der Waals surface area (Å²) in [5.41, 5.74) is 6.37. The third kappa shape index (κ3) is 7.32. The van der Waals surface area contributed by atoms with Gasteiger partial charge in [0.15, 0.2) is 0 Å². The first-order valence-electron chi connectivity index (χ1n) is 15.3. The summed E-state index contributed by atoms with van der Waals surface area (Å²) >= 11 is 10.1. The van der Waals surface area contributed by atoms with E-state index in [0.29, 0.717) is 37.7 Å². The summed E-state index contributed by atoms with van der Waals surface area (Å²) in [7, 11) is 0. The first kappa shape index (κ1) is 31.8. The van der Waals surface area contributed by atoms with Crippen molar-refractivity contribution in [2.45, 2.75) is 58.3 Å². The van der Waals surface area contributed by atoms with Crippen molar-refractivity contribution in [1.29, 1.82) is 0 Å². The lowest BCUT2D eigenvalue weighted by Crippen LogP contribution is -2.62. The molecule has 3 atom stereocenters. The Hall–Kier alpha value is -3.12. The van der Waals surface area contributed by atoms with Gasteiger partial charge in [0, 0.05) is 54.6 Å². The van der Waals surface area contributed by atoms with Crippen molar-refractivity contribution in [2.75, 3.05) is 26.2 Å². The average molecular weight is 694 g/mol. The van der Waals surface area contributed by atoms with E-state index in [1.54, 1.807) is 4.90 Å². The quantitative estimate of drug-likeness (QED) is 0.244. The second kappa shape index (κ2) is 14.1. The Balaban J connectivity index is 1.27. The van der Waals surface area contributed by atoms with Crippen LogP contribution in [0.25, 0.3) is 0 Å². The number of hydrogen-bond acceptors (Lipinski definition) is 7. The molecule has 236 valence electrons. The fraction of sp³-hybridized carbons (Fsp3) is 0.382. The van der Waals surface area contributed by atoms with E-state index in [2.05, 4.69) is 43.3 Å². The molecule has 0 bridgehead atoms. The Morgan fingerprint density at radius 2 is 1.93 bits per heavy atom. The summed E-state index contributed by atoms with van der Waals surface area (Å²) in [5.74, 6) is 0.743. The fourth-order valence-corrected chi connectivity index (χ4v) is 7.06. The topological polar surface area (TPSA) is 95.8 Å². The van der Waals surface area contributed by atoms with Crippen molar-refractivity contribution in [3.63, 3.8) is 0 Å². The van der Waals surface area contributed by atoms with Gasteiger partial charge >= 0.3 is 0 Å². The van der Waals surface area contributed by atoms with Gasteiger partial charge in [0.2, 0.25) is 12.3 Å². The predicted molar refractivity (Wildman–Crippen MR) is 177 cm³/mol. The second-order valence-electron chi connectivity index (χ2n) is 11.7. The molecule has 0 radical (unpaired) electrons. The van der Waals surface area contributed by atoms with Crippen LogP contribution in [0.2, 0.25) is 5.02 Å². The zero-order valence-electron chi connectivity index (χ0n) is 25.5. The van der Waals surface area contributed by atoms with Crippen molar-refractivity contribution in [3.05, 3.63) is 116 Å². The third-order valence-electron chi connectivity index (χ3n) is 8.69. The van der Waals surface area contributed by atoms with Gasteiger partial charge in [-0.3, -0.25) is 14.7 Å². The van der Waals surface area contributed by atoms with Crippen LogP contribution in [-0.2, 0) is 35.5 Å². The van der Waals surface area contributed by atoms with Crippen LogP contribution in [0.4, 0.5) is 0 Å². The van der Waals surface area contributed by atoms with Gasteiger partial charge in [0.05, 0.1) is 24.0 Å². The van der Waals surface area contributed by atoms with Crippen LogP contribution >= 0.6 is 27.5 Å². The lowest BCUT2D eigenvalue weighted by molar-refractivity contribution is -0.222. The first-order valence-corrected chi connectivity index (χ1v) is 16.5. The van der Waals surface area contributed by atoms with Gasteiger partial charge in [-0.05, 0) is 83.1 Å². The molecule has 2 unspecified atom stereocenters. The lowest BCUT2D eigenvalue weighted by Gasteiger charge is -2.45. The van der Waals surface area contributed by atoms with Gasteiger partial charge in [-0.25, -0.2) is 9.88 Å². The number of aliphatic hydroxyl groups is 1. The van der Waals surface area contributed by atoms with Crippen molar-refractivity contribution in [3.8, 4) is 0 Å². The molecule has 1 saturated heterocycles. The first-order chi connectivity index (χ1) is 21.8. The number of aromatic nitrogens is 3. The molecule has 1 aliphatic heterocycles. The van der Waals surface area contributed by atoms with Crippen LogP contribution in [0.3, 0.4) is 0 Å². The fourth-order valence-electron chi connectivity index (χ4n) is 6.48. The molecule has 2 aliphatic rings. The number of imidazole rings is 1. The number of carbonyl (C=O) groups is 1. The number of aliphatic hydroxyl groups excluding tert-OH is 1. The molecule has 4 aromatic rings. The molecule has 11 heteroatoms. The zero-order valence-corrected chi connectivity index (χ0v) is 27.8. The number of amides is 1. The Kier molecular flexibility index (Phi) is 9.99. The van der Waals surface area contributed by atoms with Crippen molar-refractivity contribution < 1.29 is 14.6 Å². The Labute approximate surface area is 277 Å². The number of rotatable bonds is 9. The van der Waals surface area contributed by atoms with Crippen LogP contribution in [-0.4, -0.2) is 74.0 Å². The average Bonchev–Trinajstić information content (AvgIpc) is 3.27. The van der Waals surface area contributed by atoms with E-state index in [-0.39, 0.29) is 18.6 Å². The SMILES string of the molecule is Cc1cn(CCNC(=O)[C@H]2CN(C3c4ccc(Cl)cc4CCc4cc(Br)cnc43)CCN2C(O)OCc2ccccc2)c(C)n1. The molecule has 1 fully saturated rings. The van der Waals surface area contributed by atoms with Crippen LogP contribution in [0.5, 0.6) is 0 Å². The number of ether oxygens (including phenoxy) is 1. The second-order valence-corrected chi connectivity index (χ2v) is 13.1. The van der Waals surface area contributed by atoms with E-state index < -0.39 is 12.5 Å². The number of nitrogens with zero attached hydrogens (tertiary/aromatic N) is 5. The Morgan fingerprint density at radius 3 is 2.71 bits per heavy atom. The maximum atomic E-state index is 13.9. The van der Waals surface area contributed by atoms with Crippen molar-refractivity contribution >= 4 is 33.4 Å². The maximum Gasteiger partial charge on any atom is 0.238 e. The van der Waals surface area contributed by atoms with Crippen molar-refractivity contribution in [2.24, 2.45) is 0 Å². The summed E-state index contributed by atoms with van der Waals surface area (Å²) in [6.07, 6.45) is 4.27. The number of pyridine rings is 1. The summed E-state index contributed by atoms with van der Waals surface area (Å²) in [5, 5.41) is 15.1. The molecule has 1 aliphatic carbocycles. The van der Waals surface area contributed by atoms with Gasteiger partial charge in [0.25, 0.3) is 0 Å². The molecule has 1 amide bonds. The van der Waals surface area contributed by atoms with Crippen LogP contribution in [0.15, 0.2) is 71.5 Å². The van der Waals surface area contributed by atoms with E-state index in [4.69, 9.17) is 21.3 Å². The highest BCUT2D eigenvalue weighted by Gasteiger charge is 2.41. The highest BCUT2D eigenvalue weighted by atomic mass is 79.9. The summed E-state index contributed by atoms with van der Waals surface area (Å²) in [6, 6.07) is 17.1. The highest BCUT2D eigenvalue weighted by Crippen LogP contribution is 2.38. The molecular weight excluding hydrogens is 656 g/mol. The minimum absolute atomic E-state index is 0.162. The number of fused-ring (bicyclic) bond motifs is 2. The summed E-state index contributed by atoms with van der Waals surface area (Å²) in [6.45, 7) is 6.60. The molecule has 2 N–H and O–H groups in total. The standard InChI is InChI=1S/C34H38BrClN6O3/c1-22-19-40(23(2)39-22)13-12-37-33(43)30-20-41(14-15-42(30)34(44)45-21-24-6-4-3-5-7-24)32-29-11-10-28(36)17-25(29)8-9-26-16-27(35)18-38-31(26)32/h3-7,10-11,16-19,30,32,34,44H,8-9,12-15,20-21H2,1-2H3,(H,37,43)/t30-,32?,34?/m1/s1. The Morgan fingerprint density at radius 1 is 1.13 bits per heavy atom. The number of benzene rings is 2. The minimum atomic E-state index is -1.25. The van der Waals surface area contributed by atoms with E-state index in [1.807, 2.05) is 73.3 Å². The molecular formula is C34H38BrClN6O3. The molecule has 45 heavy (non-hydrogen) atoms. The maximum absolute atomic E-state index is 13.9. The summed E-state index contributed by atoms with van der Waals surface area (Å²) < 4.78 is 8.89. The van der Waals surface area contributed by atoms with Crippen LogP contribution in [0.1, 0.15) is 45.5 Å². The van der Waals surface area contributed by atoms with Gasteiger partial charge in [-0.1, -0.05) is 48.0 Å². The smallest absolute Gasteiger partial charge is 0.238 e. The van der Waals surface area contributed by atoms with E-state index in [9.17, 15) is 9.90 Å². The number of nitrogens with one attached hydrogen (secondary N) is 1. The van der Waals surface area contributed by atoms with Gasteiger partial charge in [-0.2, -0.15) is 0 Å². The van der Waals surface area contributed by atoms with E-state index in [0.717, 1.165) is 45.7 Å². The molecule has 2 aromatic carbocycles. The molecule has 9 nitrogen and oxygen atoms in total. The number of halogens is 2. The highest BCUT2D eigenvalue weighted by molar-refractivity contribution is 9.10. The largest absolute Gasteiger partial charge is 0.356 e. The van der Waals surface area contributed by atoms with E-state index >= 15 is 0 Å². The van der Waals surface area contributed by atoms with Crippen LogP contribution in [0, 0.1) is 13.8 Å².